The Labute approximate surface area is 360 Å². The van der Waals surface area contributed by atoms with Crippen molar-refractivity contribution in [2.24, 2.45) is 5.73 Å². The van der Waals surface area contributed by atoms with Crippen molar-refractivity contribution in [3.8, 4) is 0 Å². The zero-order valence-electron chi connectivity index (χ0n) is 38.7. The second kappa shape index (κ2) is 46.2. The molecule has 1 amide bonds. The van der Waals surface area contributed by atoms with Crippen molar-refractivity contribution < 1.29 is 24.2 Å². The molecule has 0 aliphatic rings. The predicted octanol–water partition coefficient (Wildman–Crippen LogP) is 15.0. The normalized spacial score (nSPS) is 12.6. The third-order valence-electron chi connectivity index (χ3n) is 11.8. The summed E-state index contributed by atoms with van der Waals surface area (Å²) >= 11 is 0. The third-order valence-corrected chi connectivity index (χ3v) is 11.8. The van der Waals surface area contributed by atoms with Crippen LogP contribution >= 0.6 is 0 Å². The molecule has 2 atom stereocenters. The fourth-order valence-electron chi connectivity index (χ4n) is 7.98. The van der Waals surface area contributed by atoms with Crippen LogP contribution in [0.1, 0.15) is 277 Å². The van der Waals surface area contributed by atoms with Crippen molar-refractivity contribution in [1.82, 2.24) is 5.32 Å². The second-order valence-corrected chi connectivity index (χ2v) is 17.6. The van der Waals surface area contributed by atoms with Crippen molar-refractivity contribution >= 4 is 17.8 Å². The van der Waals surface area contributed by atoms with E-state index in [1.807, 2.05) is 0 Å². The van der Waals surface area contributed by atoms with Crippen LogP contribution in [0.4, 0.5) is 0 Å². The van der Waals surface area contributed by atoms with Crippen LogP contribution in [-0.4, -0.2) is 41.6 Å². The Morgan fingerprint density at radius 1 is 0.483 bits per heavy atom. The average Bonchev–Trinajstić information content (AvgIpc) is 3.21. The number of carbonyl (C=O) groups excluding carboxylic acids is 2. The first kappa shape index (κ1) is 56.1. The maximum atomic E-state index is 12.8. The summed E-state index contributed by atoms with van der Waals surface area (Å²) in [6, 6.07) is -0.853. The molecule has 0 fully saturated rings. The van der Waals surface area contributed by atoms with Gasteiger partial charge in [-0.1, -0.05) is 199 Å². The zero-order chi connectivity index (χ0) is 42.4. The van der Waals surface area contributed by atoms with Crippen molar-refractivity contribution in [1.29, 1.82) is 0 Å². The Hall–Kier alpha value is -1.89. The Kier molecular flexibility index (Phi) is 44.7. The maximum Gasteiger partial charge on any atom is 0.326 e. The SMILES string of the molecule is CCCCCCCCCC/C=C\CCCCCCCCCCCCCC(=O)OC(CCCCCCCCCCC)CCCCCCCC(=O)NC(CCCN)C(=O)O. The smallest absolute Gasteiger partial charge is 0.326 e. The number of rotatable bonds is 47. The molecule has 0 bridgehead atoms. The molecule has 2 unspecified atom stereocenters. The summed E-state index contributed by atoms with van der Waals surface area (Å²) in [7, 11) is 0. The lowest BCUT2D eigenvalue weighted by Gasteiger charge is -2.18. The van der Waals surface area contributed by atoms with Crippen LogP contribution in [0.15, 0.2) is 12.2 Å². The van der Waals surface area contributed by atoms with Gasteiger partial charge in [-0.25, -0.2) is 4.79 Å². The maximum absolute atomic E-state index is 12.8. The summed E-state index contributed by atoms with van der Waals surface area (Å²) in [6.07, 6.45) is 52.8. The molecule has 0 saturated heterocycles. The summed E-state index contributed by atoms with van der Waals surface area (Å²) in [4.78, 5) is 36.5. The number of aliphatic carboxylic acids is 1. The number of allylic oxidation sites excluding steroid dienone is 2. The molecule has 0 heterocycles. The van der Waals surface area contributed by atoms with Gasteiger partial charge in [-0.05, 0) is 83.6 Å². The number of nitrogens with one attached hydrogen (secondary N) is 1. The number of unbranched alkanes of at least 4 members (excludes halogenated alkanes) is 31. The van der Waals surface area contributed by atoms with E-state index in [9.17, 15) is 19.5 Å². The van der Waals surface area contributed by atoms with Crippen molar-refractivity contribution in [3.05, 3.63) is 12.2 Å². The average molecular weight is 819 g/mol. The van der Waals surface area contributed by atoms with Crippen molar-refractivity contribution in [3.63, 3.8) is 0 Å². The first-order valence-corrected chi connectivity index (χ1v) is 25.5. The first-order chi connectivity index (χ1) is 28.4. The highest BCUT2D eigenvalue weighted by molar-refractivity contribution is 5.83. The predicted molar refractivity (Wildman–Crippen MR) is 248 cm³/mol. The van der Waals surface area contributed by atoms with Crippen LogP contribution in [0.3, 0.4) is 0 Å². The molecule has 0 rings (SSSR count). The molecule has 7 heteroatoms. The monoisotopic (exact) mass is 819 g/mol. The third kappa shape index (κ3) is 42.2. The molecule has 0 aromatic heterocycles. The Morgan fingerprint density at radius 2 is 0.845 bits per heavy atom. The highest BCUT2D eigenvalue weighted by Gasteiger charge is 2.19. The highest BCUT2D eigenvalue weighted by atomic mass is 16.5. The summed E-state index contributed by atoms with van der Waals surface area (Å²) in [5.74, 6) is -1.22. The number of hydrogen-bond acceptors (Lipinski definition) is 5. The van der Waals surface area contributed by atoms with Gasteiger partial charge in [0.05, 0.1) is 0 Å². The molecule has 4 N–H and O–H groups in total. The minimum Gasteiger partial charge on any atom is -0.480 e. The van der Waals surface area contributed by atoms with Gasteiger partial charge in [-0.15, -0.1) is 0 Å². The molecular weight excluding hydrogens is 721 g/mol. The van der Waals surface area contributed by atoms with Crippen LogP contribution < -0.4 is 11.1 Å². The van der Waals surface area contributed by atoms with E-state index in [4.69, 9.17) is 10.5 Å². The van der Waals surface area contributed by atoms with Crippen LogP contribution in [0.5, 0.6) is 0 Å². The lowest BCUT2D eigenvalue weighted by Crippen LogP contribution is -2.40. The van der Waals surface area contributed by atoms with E-state index in [0.29, 0.717) is 32.2 Å². The molecule has 0 aliphatic heterocycles. The van der Waals surface area contributed by atoms with E-state index in [2.05, 4.69) is 31.3 Å². The van der Waals surface area contributed by atoms with Crippen molar-refractivity contribution in [2.75, 3.05) is 6.54 Å². The summed E-state index contributed by atoms with van der Waals surface area (Å²) in [5.41, 5.74) is 5.49. The van der Waals surface area contributed by atoms with Gasteiger partial charge in [0.2, 0.25) is 5.91 Å². The van der Waals surface area contributed by atoms with E-state index < -0.39 is 12.0 Å². The number of hydrogen-bond donors (Lipinski definition) is 3. The van der Waals surface area contributed by atoms with Gasteiger partial charge in [-0.2, -0.15) is 0 Å². The summed E-state index contributed by atoms with van der Waals surface area (Å²) in [6.45, 7) is 4.96. The number of ether oxygens (including phenoxy) is 1. The fourth-order valence-corrected chi connectivity index (χ4v) is 7.98. The zero-order valence-corrected chi connectivity index (χ0v) is 38.7. The van der Waals surface area contributed by atoms with Crippen molar-refractivity contribution in [2.45, 2.75) is 289 Å². The van der Waals surface area contributed by atoms with Gasteiger partial charge in [0.15, 0.2) is 0 Å². The van der Waals surface area contributed by atoms with Crippen LogP contribution in [-0.2, 0) is 19.1 Å². The van der Waals surface area contributed by atoms with Gasteiger partial charge >= 0.3 is 11.9 Å². The number of esters is 1. The number of carboxylic acids is 1. The van der Waals surface area contributed by atoms with Gasteiger partial charge < -0.3 is 20.9 Å². The van der Waals surface area contributed by atoms with Crippen LogP contribution in [0.2, 0.25) is 0 Å². The molecule has 342 valence electrons. The number of carboxylic acid groups (broad SMARTS) is 1. The molecule has 0 saturated carbocycles. The minimum absolute atomic E-state index is 0.0166. The molecule has 7 nitrogen and oxygen atoms in total. The molecule has 0 aromatic carbocycles. The fraction of sp³-hybridized carbons (Fsp3) is 0.902. The molecule has 0 aromatic rings. The van der Waals surface area contributed by atoms with E-state index in [-0.39, 0.29) is 18.0 Å². The highest BCUT2D eigenvalue weighted by Crippen LogP contribution is 2.19. The van der Waals surface area contributed by atoms with E-state index in [0.717, 1.165) is 64.2 Å². The lowest BCUT2D eigenvalue weighted by molar-refractivity contribution is -0.150. The molecule has 58 heavy (non-hydrogen) atoms. The van der Waals surface area contributed by atoms with E-state index in [1.165, 1.54) is 173 Å². The minimum atomic E-state index is -1.00. The molecular formula is C51H98N2O5. The Morgan fingerprint density at radius 3 is 1.24 bits per heavy atom. The molecule has 0 aliphatic carbocycles. The second-order valence-electron chi connectivity index (χ2n) is 17.6. The van der Waals surface area contributed by atoms with Gasteiger partial charge in [-0.3, -0.25) is 9.59 Å². The molecule has 0 spiro atoms. The standard InChI is InChI=1S/C51H98N2O5/c1-3-5-7-9-11-13-14-15-16-17-18-19-20-21-22-23-24-25-26-28-30-35-39-45-50(55)58-47(41-36-32-29-27-12-10-8-6-4-2)42-37-33-31-34-38-44-49(54)53-48(51(56)57)43-40-46-52/h17-18,47-48H,3-16,19-46,52H2,1-2H3,(H,53,54)(H,56,57)/b18-17-. The van der Waals surface area contributed by atoms with Gasteiger partial charge in [0, 0.05) is 12.8 Å². The molecule has 0 radical (unpaired) electrons. The summed E-state index contributed by atoms with van der Waals surface area (Å²) in [5, 5.41) is 12.0. The first-order valence-electron chi connectivity index (χ1n) is 25.5. The summed E-state index contributed by atoms with van der Waals surface area (Å²) < 4.78 is 6.06. The number of amides is 1. The van der Waals surface area contributed by atoms with Gasteiger partial charge in [0.25, 0.3) is 0 Å². The number of nitrogens with two attached hydrogens (primary N) is 1. The largest absolute Gasteiger partial charge is 0.480 e. The Balaban J connectivity index is 4.06. The van der Waals surface area contributed by atoms with Gasteiger partial charge in [0.1, 0.15) is 12.1 Å². The Bertz CT molecular complexity index is 925. The topological polar surface area (TPSA) is 119 Å². The number of carbonyl (C=O) groups is 3. The van der Waals surface area contributed by atoms with Crippen LogP contribution in [0.25, 0.3) is 0 Å². The quantitative estimate of drug-likeness (QED) is 0.0320. The lowest BCUT2D eigenvalue weighted by atomic mass is 10.0. The van der Waals surface area contributed by atoms with Crippen LogP contribution in [0, 0.1) is 0 Å². The van der Waals surface area contributed by atoms with E-state index >= 15 is 0 Å². The van der Waals surface area contributed by atoms with E-state index in [1.54, 1.807) is 0 Å².